The summed E-state index contributed by atoms with van der Waals surface area (Å²) in [5.74, 6) is -1.37. The molecular weight excluding hydrogens is 187 g/mol. The summed E-state index contributed by atoms with van der Waals surface area (Å²) in [6, 6.07) is 0. The zero-order valence-corrected chi connectivity index (χ0v) is 7.23. The van der Waals surface area contributed by atoms with Gasteiger partial charge in [-0.2, -0.15) is 13.2 Å². The number of rotatable bonds is 3. The highest BCUT2D eigenvalue weighted by molar-refractivity contribution is 5.80. The maximum Gasteiger partial charge on any atom is 0.404 e. The molecule has 1 unspecified atom stereocenters. The molecule has 76 valence electrons. The average Bonchev–Trinajstić information content (AvgIpc) is 2.01. The summed E-state index contributed by atoms with van der Waals surface area (Å²) in [6.07, 6.45) is -4.86. The van der Waals surface area contributed by atoms with E-state index in [9.17, 15) is 18.0 Å². The molecule has 1 atom stereocenters. The average molecular weight is 197 g/mol. The van der Waals surface area contributed by atoms with Gasteiger partial charge in [0.2, 0.25) is 0 Å². The second-order valence-electron chi connectivity index (χ2n) is 2.73. The van der Waals surface area contributed by atoms with Gasteiger partial charge in [0.05, 0.1) is 7.11 Å². The van der Waals surface area contributed by atoms with Crippen LogP contribution in [-0.2, 0) is 9.53 Å². The summed E-state index contributed by atoms with van der Waals surface area (Å²) in [5.41, 5.74) is -2.61. The Morgan fingerprint density at radius 2 is 2.00 bits per heavy atom. The van der Waals surface area contributed by atoms with Gasteiger partial charge in [0, 0.05) is 6.42 Å². The van der Waals surface area contributed by atoms with Crippen LogP contribution in [0.2, 0.25) is 0 Å². The smallest absolute Gasteiger partial charge is 0.404 e. The van der Waals surface area contributed by atoms with E-state index < -0.39 is 24.0 Å². The molecule has 0 spiro atoms. The number of halogens is 3. The number of esters is 1. The largest absolute Gasteiger partial charge is 0.468 e. The summed E-state index contributed by atoms with van der Waals surface area (Å²) in [7, 11) is 0.885. The molecule has 13 heavy (non-hydrogen) atoms. The van der Waals surface area contributed by atoms with E-state index in [1.165, 1.54) is 0 Å². The number of carbonyl (C=O) groups excluding carboxylic acids is 1. The van der Waals surface area contributed by atoms with Crippen molar-refractivity contribution in [3.05, 3.63) is 0 Å². The molecule has 0 amide bonds. The number of alkyl halides is 3. The van der Waals surface area contributed by atoms with E-state index in [0.717, 1.165) is 7.11 Å². The Balaban J connectivity index is 4.94. The molecule has 0 aromatic heterocycles. The van der Waals surface area contributed by atoms with Crippen LogP contribution >= 0.6 is 0 Å². The maximum atomic E-state index is 12.3. The van der Waals surface area contributed by atoms with Gasteiger partial charge in [0.1, 0.15) is 0 Å². The minimum atomic E-state index is -4.70. The van der Waals surface area contributed by atoms with Gasteiger partial charge in [-0.15, -0.1) is 0 Å². The van der Waals surface area contributed by atoms with Crippen molar-refractivity contribution in [1.29, 1.82) is 5.41 Å². The lowest BCUT2D eigenvalue weighted by Crippen LogP contribution is -2.43. The third-order valence-electron chi connectivity index (χ3n) is 1.77. The van der Waals surface area contributed by atoms with Gasteiger partial charge in [0.25, 0.3) is 0 Å². The molecule has 0 radical (unpaired) electrons. The lowest BCUT2D eigenvalue weighted by atomic mass is 9.86. The van der Waals surface area contributed by atoms with E-state index in [0.29, 0.717) is 13.1 Å². The fraction of sp³-hybridized carbons (Fsp3) is 0.714. The quantitative estimate of drug-likeness (QED) is 0.553. The fourth-order valence-electron chi connectivity index (χ4n) is 0.744. The van der Waals surface area contributed by atoms with Crippen LogP contribution in [0.15, 0.2) is 0 Å². The van der Waals surface area contributed by atoms with Crippen LogP contribution in [0.25, 0.3) is 0 Å². The minimum Gasteiger partial charge on any atom is -0.468 e. The molecule has 0 aromatic carbocycles. The molecule has 3 nitrogen and oxygen atoms in total. The summed E-state index contributed by atoms with van der Waals surface area (Å²) >= 11 is 0. The fourth-order valence-corrected chi connectivity index (χ4v) is 0.744. The molecule has 0 aliphatic rings. The number of carbonyl (C=O) groups is 1. The number of hydrogen-bond donors (Lipinski definition) is 1. The van der Waals surface area contributed by atoms with Gasteiger partial charge in [0.15, 0.2) is 5.41 Å². The maximum absolute atomic E-state index is 12.3. The van der Waals surface area contributed by atoms with Crippen LogP contribution in [0.4, 0.5) is 13.2 Å². The lowest BCUT2D eigenvalue weighted by Gasteiger charge is -2.27. The van der Waals surface area contributed by atoms with Crippen molar-refractivity contribution in [3.63, 3.8) is 0 Å². The molecule has 0 bridgehead atoms. The lowest BCUT2D eigenvalue weighted by molar-refractivity contribution is -0.226. The van der Waals surface area contributed by atoms with Gasteiger partial charge < -0.3 is 10.1 Å². The Morgan fingerprint density at radius 3 is 2.23 bits per heavy atom. The normalized spacial score (nSPS) is 16.1. The molecule has 0 aromatic rings. The highest BCUT2D eigenvalue weighted by Gasteiger charge is 2.57. The monoisotopic (exact) mass is 197 g/mol. The summed E-state index contributed by atoms with van der Waals surface area (Å²) in [6.45, 7) is 0.712. The predicted molar refractivity (Wildman–Crippen MR) is 39.6 cm³/mol. The molecule has 0 rings (SSSR count). The van der Waals surface area contributed by atoms with E-state index in [-0.39, 0.29) is 0 Å². The predicted octanol–water partition coefficient (Wildman–Crippen LogP) is 1.77. The van der Waals surface area contributed by atoms with Gasteiger partial charge in [-0.05, 0) is 13.1 Å². The molecule has 0 aliphatic heterocycles. The molecule has 0 saturated carbocycles. The van der Waals surface area contributed by atoms with Crippen molar-refractivity contribution >= 4 is 12.2 Å². The number of ether oxygens (including phenoxy) is 1. The number of hydrogen-bond acceptors (Lipinski definition) is 3. The zero-order valence-electron chi connectivity index (χ0n) is 7.23. The highest BCUT2D eigenvalue weighted by atomic mass is 19.4. The Labute approximate surface area is 73.4 Å². The molecule has 0 fully saturated rings. The molecule has 6 heteroatoms. The van der Waals surface area contributed by atoms with Crippen molar-refractivity contribution in [3.8, 4) is 0 Å². The van der Waals surface area contributed by atoms with E-state index >= 15 is 0 Å². The molecule has 0 aliphatic carbocycles. The van der Waals surface area contributed by atoms with Gasteiger partial charge in [-0.1, -0.05) is 0 Å². The van der Waals surface area contributed by atoms with Crippen molar-refractivity contribution < 1.29 is 22.7 Å². The summed E-state index contributed by atoms with van der Waals surface area (Å²) < 4.78 is 41.0. The van der Waals surface area contributed by atoms with Crippen LogP contribution < -0.4 is 0 Å². The molecule has 0 saturated heterocycles. The van der Waals surface area contributed by atoms with E-state index in [1.54, 1.807) is 0 Å². The minimum absolute atomic E-state index is 0.546. The molecular formula is C7H10F3NO2. The Kier molecular flexibility index (Phi) is 3.45. The Bertz CT molecular complexity index is 214. The van der Waals surface area contributed by atoms with Gasteiger partial charge >= 0.3 is 12.1 Å². The van der Waals surface area contributed by atoms with Crippen molar-refractivity contribution in [2.75, 3.05) is 7.11 Å². The Morgan fingerprint density at radius 1 is 1.54 bits per heavy atom. The first-order valence-electron chi connectivity index (χ1n) is 3.43. The van der Waals surface area contributed by atoms with Gasteiger partial charge in [-0.3, -0.25) is 4.79 Å². The highest BCUT2D eigenvalue weighted by Crippen LogP contribution is 2.41. The van der Waals surface area contributed by atoms with Crippen molar-refractivity contribution in [2.24, 2.45) is 5.41 Å². The van der Waals surface area contributed by atoms with Crippen molar-refractivity contribution in [1.82, 2.24) is 0 Å². The first kappa shape index (κ1) is 11.9. The van der Waals surface area contributed by atoms with E-state index in [2.05, 4.69) is 4.74 Å². The zero-order chi connectivity index (χ0) is 10.7. The summed E-state index contributed by atoms with van der Waals surface area (Å²) in [4.78, 5) is 10.8. The Hall–Kier alpha value is -1.07. The first-order valence-corrected chi connectivity index (χ1v) is 3.43. The summed E-state index contributed by atoms with van der Waals surface area (Å²) in [5, 5.41) is 6.57. The van der Waals surface area contributed by atoms with Crippen LogP contribution in [0.5, 0.6) is 0 Å². The van der Waals surface area contributed by atoms with Crippen LogP contribution in [0.1, 0.15) is 13.3 Å². The second-order valence-corrected chi connectivity index (χ2v) is 2.73. The topological polar surface area (TPSA) is 50.2 Å². The third kappa shape index (κ3) is 2.19. The van der Waals surface area contributed by atoms with Crippen molar-refractivity contribution in [2.45, 2.75) is 19.5 Å². The molecule has 0 heterocycles. The van der Waals surface area contributed by atoms with Gasteiger partial charge in [-0.25, -0.2) is 0 Å². The van der Waals surface area contributed by atoms with Crippen LogP contribution in [-0.4, -0.2) is 25.5 Å². The number of methoxy groups -OCH3 is 1. The molecule has 1 N–H and O–H groups in total. The standard InChI is InChI=1S/C7H10F3NO2/c1-6(3-4-11,5(12)13-2)7(8,9)10/h4,11H,3H2,1-2H3. The second kappa shape index (κ2) is 3.76. The number of nitrogens with one attached hydrogen (secondary N) is 1. The SMILES string of the molecule is COC(=O)C(C)(CC=N)C(F)(F)F. The van der Waals surface area contributed by atoms with E-state index in [1.807, 2.05) is 0 Å². The third-order valence-corrected chi connectivity index (χ3v) is 1.77. The van der Waals surface area contributed by atoms with E-state index in [4.69, 9.17) is 5.41 Å². The van der Waals surface area contributed by atoms with Crippen LogP contribution in [0, 0.1) is 10.8 Å². The first-order chi connectivity index (χ1) is 5.79. The van der Waals surface area contributed by atoms with Crippen LogP contribution in [0.3, 0.4) is 0 Å².